The van der Waals surface area contributed by atoms with E-state index in [0.717, 1.165) is 54.0 Å². The number of aliphatic hydroxyl groups is 1. The predicted molar refractivity (Wildman–Crippen MR) is 113 cm³/mol. The average molecular weight is 380 g/mol. The Hall–Kier alpha value is -2.44. The molecule has 6 nitrogen and oxygen atoms in total. The van der Waals surface area contributed by atoms with Crippen LogP contribution in [-0.2, 0) is 6.54 Å². The highest BCUT2D eigenvalue weighted by molar-refractivity contribution is 5.84. The van der Waals surface area contributed by atoms with Crippen LogP contribution in [0.5, 0.6) is 0 Å². The number of benzene rings is 1. The lowest BCUT2D eigenvalue weighted by Gasteiger charge is -2.21. The van der Waals surface area contributed by atoms with Gasteiger partial charge in [-0.05, 0) is 70.5 Å². The molecule has 3 heterocycles. The first-order chi connectivity index (χ1) is 13.4. The number of anilines is 1. The van der Waals surface area contributed by atoms with Crippen molar-refractivity contribution in [1.29, 1.82) is 0 Å². The minimum absolute atomic E-state index is 0.0485. The zero-order chi connectivity index (χ0) is 19.7. The van der Waals surface area contributed by atoms with Crippen molar-refractivity contribution in [3.8, 4) is 11.4 Å². The molecule has 6 heteroatoms. The standard InChI is InChI=1S/C22H29N5O/c1-22(2,3)26-20-8-9-23-21(25-20)15-6-7-19-16(11-15)12-17(24-19)13-27-10-4-5-18(27)14-28/h6-9,11-12,18,24,28H,4-5,10,13-14H2,1-3H3,(H,23,25,26)/t18-/m1/s1. The summed E-state index contributed by atoms with van der Waals surface area (Å²) in [7, 11) is 0. The van der Waals surface area contributed by atoms with Gasteiger partial charge < -0.3 is 15.4 Å². The number of nitrogens with one attached hydrogen (secondary N) is 2. The summed E-state index contributed by atoms with van der Waals surface area (Å²) in [5.74, 6) is 1.55. The van der Waals surface area contributed by atoms with Gasteiger partial charge in [0.2, 0.25) is 0 Å². The Morgan fingerprint density at radius 3 is 2.89 bits per heavy atom. The van der Waals surface area contributed by atoms with E-state index in [1.165, 1.54) is 5.69 Å². The zero-order valence-electron chi connectivity index (χ0n) is 16.9. The molecule has 1 aromatic carbocycles. The molecule has 4 rings (SSSR count). The third-order valence-corrected chi connectivity index (χ3v) is 5.18. The summed E-state index contributed by atoms with van der Waals surface area (Å²) in [6.45, 7) is 8.47. The van der Waals surface area contributed by atoms with Gasteiger partial charge in [0.05, 0.1) is 6.61 Å². The molecular formula is C22H29N5O. The lowest BCUT2D eigenvalue weighted by atomic mass is 10.1. The van der Waals surface area contributed by atoms with Crippen molar-refractivity contribution in [2.24, 2.45) is 0 Å². The molecule has 0 saturated carbocycles. The van der Waals surface area contributed by atoms with E-state index >= 15 is 0 Å². The van der Waals surface area contributed by atoms with E-state index in [1.807, 2.05) is 6.07 Å². The lowest BCUT2D eigenvalue weighted by molar-refractivity contribution is 0.152. The van der Waals surface area contributed by atoms with Crippen LogP contribution in [0.15, 0.2) is 36.5 Å². The lowest BCUT2D eigenvalue weighted by Crippen LogP contribution is -2.31. The van der Waals surface area contributed by atoms with Gasteiger partial charge >= 0.3 is 0 Å². The average Bonchev–Trinajstić information content (AvgIpc) is 3.25. The van der Waals surface area contributed by atoms with Crippen LogP contribution < -0.4 is 5.32 Å². The van der Waals surface area contributed by atoms with Gasteiger partial charge in [-0.2, -0.15) is 0 Å². The number of aromatic nitrogens is 3. The Kier molecular flexibility index (Phi) is 5.08. The first-order valence-corrected chi connectivity index (χ1v) is 9.99. The van der Waals surface area contributed by atoms with E-state index in [1.54, 1.807) is 6.20 Å². The van der Waals surface area contributed by atoms with Gasteiger partial charge in [-0.1, -0.05) is 0 Å². The van der Waals surface area contributed by atoms with Gasteiger partial charge in [0.25, 0.3) is 0 Å². The van der Waals surface area contributed by atoms with E-state index in [2.05, 4.69) is 70.2 Å². The minimum atomic E-state index is -0.0485. The monoisotopic (exact) mass is 379 g/mol. The zero-order valence-corrected chi connectivity index (χ0v) is 16.9. The van der Waals surface area contributed by atoms with Crippen molar-refractivity contribution in [2.45, 2.75) is 51.7 Å². The summed E-state index contributed by atoms with van der Waals surface area (Å²) in [6, 6.07) is 10.7. The molecule has 1 fully saturated rings. The molecule has 0 spiro atoms. The molecule has 148 valence electrons. The Labute approximate surface area is 166 Å². The van der Waals surface area contributed by atoms with E-state index in [0.29, 0.717) is 0 Å². The fourth-order valence-corrected chi connectivity index (χ4v) is 3.90. The van der Waals surface area contributed by atoms with Gasteiger partial charge in [0.15, 0.2) is 5.82 Å². The van der Waals surface area contributed by atoms with Crippen LogP contribution in [0.2, 0.25) is 0 Å². The second kappa shape index (κ2) is 7.53. The predicted octanol–water partition coefficient (Wildman–Crippen LogP) is 3.79. The van der Waals surface area contributed by atoms with Crippen LogP contribution in [0.1, 0.15) is 39.3 Å². The second-order valence-electron chi connectivity index (χ2n) is 8.69. The molecular weight excluding hydrogens is 350 g/mol. The summed E-state index contributed by atoms with van der Waals surface area (Å²) in [5, 5.41) is 14.1. The van der Waals surface area contributed by atoms with Crippen LogP contribution in [0.25, 0.3) is 22.3 Å². The highest BCUT2D eigenvalue weighted by Crippen LogP contribution is 2.26. The molecule has 1 saturated heterocycles. The molecule has 3 aromatic rings. The molecule has 1 aliphatic heterocycles. The van der Waals surface area contributed by atoms with Crippen molar-refractivity contribution in [1.82, 2.24) is 19.9 Å². The van der Waals surface area contributed by atoms with Gasteiger partial charge in [-0.3, -0.25) is 4.90 Å². The van der Waals surface area contributed by atoms with Crippen molar-refractivity contribution < 1.29 is 5.11 Å². The molecule has 0 amide bonds. The molecule has 1 aliphatic rings. The first kappa shape index (κ1) is 18.9. The van der Waals surface area contributed by atoms with Crippen LogP contribution in [0.4, 0.5) is 5.82 Å². The highest BCUT2D eigenvalue weighted by Gasteiger charge is 2.24. The largest absolute Gasteiger partial charge is 0.395 e. The molecule has 28 heavy (non-hydrogen) atoms. The maximum absolute atomic E-state index is 9.54. The van der Waals surface area contributed by atoms with Gasteiger partial charge in [0.1, 0.15) is 5.82 Å². The highest BCUT2D eigenvalue weighted by atomic mass is 16.3. The second-order valence-corrected chi connectivity index (χ2v) is 8.69. The van der Waals surface area contributed by atoms with Gasteiger partial charge in [0, 0.05) is 46.5 Å². The smallest absolute Gasteiger partial charge is 0.161 e. The van der Waals surface area contributed by atoms with E-state index in [4.69, 9.17) is 0 Å². The summed E-state index contributed by atoms with van der Waals surface area (Å²) in [6.07, 6.45) is 4.04. The summed E-state index contributed by atoms with van der Waals surface area (Å²) < 4.78 is 0. The molecule has 0 unspecified atom stereocenters. The third-order valence-electron chi connectivity index (χ3n) is 5.18. The van der Waals surface area contributed by atoms with Gasteiger partial charge in [-0.25, -0.2) is 9.97 Å². The van der Waals surface area contributed by atoms with Crippen molar-refractivity contribution in [2.75, 3.05) is 18.5 Å². The number of rotatable bonds is 5. The molecule has 0 bridgehead atoms. The maximum Gasteiger partial charge on any atom is 0.161 e. The summed E-state index contributed by atoms with van der Waals surface area (Å²) in [4.78, 5) is 15.0. The van der Waals surface area contributed by atoms with Crippen molar-refractivity contribution in [3.63, 3.8) is 0 Å². The molecule has 3 N–H and O–H groups in total. The number of nitrogens with zero attached hydrogens (tertiary/aromatic N) is 3. The third kappa shape index (κ3) is 4.18. The first-order valence-electron chi connectivity index (χ1n) is 9.99. The van der Waals surface area contributed by atoms with E-state index in [-0.39, 0.29) is 18.2 Å². The van der Waals surface area contributed by atoms with E-state index < -0.39 is 0 Å². The number of hydrogen-bond donors (Lipinski definition) is 3. The number of likely N-dealkylation sites (tertiary alicyclic amines) is 1. The van der Waals surface area contributed by atoms with Gasteiger partial charge in [-0.15, -0.1) is 0 Å². The SMILES string of the molecule is CC(C)(C)Nc1ccnc(-c2ccc3[nH]c(CN4CCC[C@@H]4CO)cc3c2)n1. The topological polar surface area (TPSA) is 77.1 Å². The Bertz CT molecular complexity index is 959. The summed E-state index contributed by atoms with van der Waals surface area (Å²) in [5.41, 5.74) is 3.25. The number of fused-ring (bicyclic) bond motifs is 1. The quantitative estimate of drug-likeness (QED) is 0.629. The molecule has 2 aromatic heterocycles. The van der Waals surface area contributed by atoms with E-state index in [9.17, 15) is 5.11 Å². The fourth-order valence-electron chi connectivity index (χ4n) is 3.90. The Morgan fingerprint density at radius 2 is 2.11 bits per heavy atom. The maximum atomic E-state index is 9.54. The van der Waals surface area contributed by atoms with Crippen LogP contribution in [0.3, 0.4) is 0 Å². The van der Waals surface area contributed by atoms with Crippen LogP contribution in [-0.4, -0.2) is 49.7 Å². The number of H-pyrrole nitrogens is 1. The molecule has 0 radical (unpaired) electrons. The van der Waals surface area contributed by atoms with Crippen molar-refractivity contribution in [3.05, 3.63) is 42.2 Å². The fraction of sp³-hybridized carbons (Fsp3) is 0.455. The number of aliphatic hydroxyl groups excluding tert-OH is 1. The molecule has 1 atom stereocenters. The molecule has 0 aliphatic carbocycles. The Morgan fingerprint density at radius 1 is 1.25 bits per heavy atom. The van der Waals surface area contributed by atoms with Crippen molar-refractivity contribution >= 4 is 16.7 Å². The van der Waals surface area contributed by atoms with Crippen LogP contribution in [0, 0.1) is 0 Å². The normalized spacial score (nSPS) is 18.1. The number of aromatic amines is 1. The summed E-state index contributed by atoms with van der Waals surface area (Å²) >= 11 is 0. The van der Waals surface area contributed by atoms with Crippen LogP contribution >= 0.6 is 0 Å². The minimum Gasteiger partial charge on any atom is -0.395 e. The number of hydrogen-bond acceptors (Lipinski definition) is 5. The Balaban J connectivity index is 1.57.